The molecule has 0 aromatic heterocycles. The molecule has 0 atom stereocenters. The molecule has 0 heterocycles. The van der Waals surface area contributed by atoms with Crippen LogP contribution in [-0.2, 0) is 4.74 Å². The molecule has 0 N–H and O–H groups in total. The zero-order valence-corrected chi connectivity index (χ0v) is 11.8. The van der Waals surface area contributed by atoms with Crippen molar-refractivity contribution in [3.8, 4) is 0 Å². The maximum absolute atomic E-state index is 5.93. The summed E-state index contributed by atoms with van der Waals surface area (Å²) in [5.41, 5.74) is 0.0282. The third-order valence-electron chi connectivity index (χ3n) is 2.57. The topological polar surface area (TPSA) is 9.23 Å². The molecule has 0 spiro atoms. The summed E-state index contributed by atoms with van der Waals surface area (Å²) in [6, 6.07) is 0. The highest BCUT2D eigenvalue weighted by molar-refractivity contribution is 4.68. The van der Waals surface area contributed by atoms with E-state index in [1.807, 2.05) is 0 Å². The van der Waals surface area contributed by atoms with Crippen LogP contribution in [0.15, 0.2) is 0 Å². The van der Waals surface area contributed by atoms with Crippen molar-refractivity contribution in [2.24, 2.45) is 5.92 Å². The Labute approximate surface area is 96.2 Å². The minimum Gasteiger partial charge on any atom is -0.375 e. The smallest absolute Gasteiger partial charge is 0.0808 e. The molecule has 0 saturated carbocycles. The van der Waals surface area contributed by atoms with Crippen molar-refractivity contribution in [2.75, 3.05) is 34.3 Å². The maximum atomic E-state index is 5.93. The van der Waals surface area contributed by atoms with E-state index in [1.165, 1.54) is 0 Å². The molecule has 0 aromatic carbocycles. The molecule has 0 amide bonds. The second-order valence-electron chi connectivity index (χ2n) is 6.55. The lowest BCUT2D eigenvalue weighted by atomic mass is 10.0. The average Bonchev–Trinajstić information content (AvgIpc) is 1.99. The van der Waals surface area contributed by atoms with E-state index in [-0.39, 0.29) is 5.60 Å². The summed E-state index contributed by atoms with van der Waals surface area (Å²) in [7, 11) is 6.68. The first kappa shape index (κ1) is 14.9. The summed E-state index contributed by atoms with van der Waals surface area (Å²) in [6.45, 7) is 10.9. The predicted octanol–water partition coefficient (Wildman–Crippen LogP) is 2.92. The number of nitrogens with zero attached hydrogens (tertiary/aromatic N) is 1. The summed E-state index contributed by atoms with van der Waals surface area (Å²) in [5, 5.41) is 0. The van der Waals surface area contributed by atoms with E-state index in [0.29, 0.717) is 0 Å². The Morgan fingerprint density at radius 1 is 1.13 bits per heavy atom. The zero-order chi connectivity index (χ0) is 12.1. The number of quaternary nitrogens is 1. The minimum atomic E-state index is 0.0282. The van der Waals surface area contributed by atoms with Crippen LogP contribution in [0.4, 0.5) is 0 Å². The van der Waals surface area contributed by atoms with Gasteiger partial charge in [-0.25, -0.2) is 0 Å². The molecule has 0 aliphatic carbocycles. The van der Waals surface area contributed by atoms with Crippen LogP contribution in [0.5, 0.6) is 0 Å². The Morgan fingerprint density at radius 2 is 1.67 bits per heavy atom. The molecule has 0 unspecified atom stereocenters. The molecule has 2 heteroatoms. The molecule has 0 bridgehead atoms. The van der Waals surface area contributed by atoms with Crippen molar-refractivity contribution >= 4 is 0 Å². The van der Waals surface area contributed by atoms with Crippen LogP contribution in [0.1, 0.15) is 40.5 Å². The van der Waals surface area contributed by atoms with Gasteiger partial charge in [0.1, 0.15) is 0 Å². The molecule has 0 rings (SSSR count). The van der Waals surface area contributed by atoms with E-state index in [2.05, 4.69) is 48.8 Å². The van der Waals surface area contributed by atoms with Crippen LogP contribution in [0.3, 0.4) is 0 Å². The summed E-state index contributed by atoms with van der Waals surface area (Å²) >= 11 is 0. The fourth-order valence-electron chi connectivity index (χ4n) is 1.25. The lowest BCUT2D eigenvalue weighted by molar-refractivity contribution is -0.871. The largest absolute Gasteiger partial charge is 0.375 e. The van der Waals surface area contributed by atoms with Gasteiger partial charge in [-0.1, -0.05) is 13.8 Å². The van der Waals surface area contributed by atoms with Crippen molar-refractivity contribution < 1.29 is 9.22 Å². The van der Waals surface area contributed by atoms with Crippen molar-refractivity contribution in [3.63, 3.8) is 0 Å². The predicted molar refractivity (Wildman–Crippen MR) is 67.0 cm³/mol. The molecule has 0 aromatic rings. The van der Waals surface area contributed by atoms with Gasteiger partial charge in [-0.05, 0) is 26.2 Å². The standard InChI is InChI=1S/C13H30NO/c1-12(2)8-11-15-13(3,4)9-10-14(5,6)7/h12H,8-11H2,1-7H3/q+1. The highest BCUT2D eigenvalue weighted by Crippen LogP contribution is 2.17. The molecule has 0 aliphatic rings. The van der Waals surface area contributed by atoms with Gasteiger partial charge in [-0.15, -0.1) is 0 Å². The van der Waals surface area contributed by atoms with Crippen LogP contribution in [0, 0.1) is 5.92 Å². The first-order valence-corrected chi connectivity index (χ1v) is 6.07. The summed E-state index contributed by atoms with van der Waals surface area (Å²) in [4.78, 5) is 0. The Morgan fingerprint density at radius 3 is 2.07 bits per heavy atom. The van der Waals surface area contributed by atoms with Crippen LogP contribution in [0.25, 0.3) is 0 Å². The Bertz CT molecular complexity index is 168. The highest BCUT2D eigenvalue weighted by Gasteiger charge is 2.21. The normalized spacial score (nSPS) is 13.6. The van der Waals surface area contributed by atoms with E-state index in [4.69, 9.17) is 4.74 Å². The molecule has 0 radical (unpaired) electrons. The van der Waals surface area contributed by atoms with E-state index in [1.54, 1.807) is 0 Å². The lowest BCUT2D eigenvalue weighted by Crippen LogP contribution is -2.40. The van der Waals surface area contributed by atoms with E-state index >= 15 is 0 Å². The number of hydrogen-bond acceptors (Lipinski definition) is 1. The fraction of sp³-hybridized carbons (Fsp3) is 1.00. The van der Waals surface area contributed by atoms with Crippen molar-refractivity contribution in [3.05, 3.63) is 0 Å². The van der Waals surface area contributed by atoms with Gasteiger partial charge in [-0.3, -0.25) is 0 Å². The zero-order valence-electron chi connectivity index (χ0n) is 11.8. The lowest BCUT2D eigenvalue weighted by Gasteiger charge is -2.31. The summed E-state index contributed by atoms with van der Waals surface area (Å²) in [5.74, 6) is 0.735. The first-order chi connectivity index (χ1) is 6.62. The summed E-state index contributed by atoms with van der Waals surface area (Å²) < 4.78 is 6.94. The van der Waals surface area contributed by atoms with Crippen molar-refractivity contribution in [1.82, 2.24) is 0 Å². The molecular weight excluding hydrogens is 186 g/mol. The molecule has 0 fully saturated rings. The average molecular weight is 216 g/mol. The molecule has 0 saturated heterocycles. The molecule has 92 valence electrons. The van der Waals surface area contributed by atoms with Gasteiger partial charge in [0.25, 0.3) is 0 Å². The third-order valence-corrected chi connectivity index (χ3v) is 2.57. The highest BCUT2D eigenvalue weighted by atomic mass is 16.5. The van der Waals surface area contributed by atoms with Gasteiger partial charge in [0.2, 0.25) is 0 Å². The summed E-state index contributed by atoms with van der Waals surface area (Å²) in [6.07, 6.45) is 2.28. The fourth-order valence-corrected chi connectivity index (χ4v) is 1.25. The number of rotatable bonds is 7. The van der Waals surface area contributed by atoms with Crippen LogP contribution < -0.4 is 0 Å². The van der Waals surface area contributed by atoms with Crippen LogP contribution >= 0.6 is 0 Å². The quantitative estimate of drug-likeness (QED) is 0.595. The SMILES string of the molecule is CC(C)CCOC(C)(C)CC[N+](C)(C)C. The molecule has 0 aliphatic heterocycles. The third kappa shape index (κ3) is 10.2. The number of ether oxygens (including phenoxy) is 1. The van der Waals surface area contributed by atoms with Gasteiger partial charge >= 0.3 is 0 Å². The van der Waals surface area contributed by atoms with Gasteiger partial charge < -0.3 is 9.22 Å². The van der Waals surface area contributed by atoms with Gasteiger partial charge in [0, 0.05) is 13.0 Å². The van der Waals surface area contributed by atoms with E-state index < -0.39 is 0 Å². The van der Waals surface area contributed by atoms with Crippen LogP contribution in [0.2, 0.25) is 0 Å². The second-order valence-corrected chi connectivity index (χ2v) is 6.55. The molecule has 15 heavy (non-hydrogen) atoms. The van der Waals surface area contributed by atoms with Gasteiger partial charge in [0.15, 0.2) is 0 Å². The Balaban J connectivity index is 3.77. The van der Waals surface area contributed by atoms with E-state index in [0.717, 1.165) is 36.4 Å². The molecule has 2 nitrogen and oxygen atoms in total. The second kappa shape index (κ2) is 5.86. The minimum absolute atomic E-state index is 0.0282. The first-order valence-electron chi connectivity index (χ1n) is 6.07. The number of hydrogen-bond donors (Lipinski definition) is 0. The monoisotopic (exact) mass is 216 g/mol. The Hall–Kier alpha value is -0.0800. The van der Waals surface area contributed by atoms with Gasteiger partial charge in [-0.2, -0.15) is 0 Å². The van der Waals surface area contributed by atoms with Crippen molar-refractivity contribution in [1.29, 1.82) is 0 Å². The van der Waals surface area contributed by atoms with Gasteiger partial charge in [0.05, 0.1) is 33.3 Å². The van der Waals surface area contributed by atoms with Crippen LogP contribution in [-0.4, -0.2) is 44.4 Å². The Kier molecular flexibility index (Phi) is 5.82. The van der Waals surface area contributed by atoms with E-state index in [9.17, 15) is 0 Å². The maximum Gasteiger partial charge on any atom is 0.0808 e. The van der Waals surface area contributed by atoms with Crippen molar-refractivity contribution in [2.45, 2.75) is 46.1 Å². The molecular formula is C13H30NO+.